The van der Waals surface area contributed by atoms with Gasteiger partial charge in [0.25, 0.3) is 5.91 Å². The summed E-state index contributed by atoms with van der Waals surface area (Å²) in [5.74, 6) is 0.433. The Labute approximate surface area is 155 Å². The highest BCUT2D eigenvalue weighted by Crippen LogP contribution is 2.27. The molecule has 0 unspecified atom stereocenters. The quantitative estimate of drug-likeness (QED) is 0.755. The summed E-state index contributed by atoms with van der Waals surface area (Å²) in [5, 5.41) is 3.48. The molecule has 0 aliphatic heterocycles. The Hall–Kier alpha value is -2.00. The van der Waals surface area contributed by atoms with Gasteiger partial charge < -0.3 is 10.1 Å². The summed E-state index contributed by atoms with van der Waals surface area (Å²) in [7, 11) is 0. The van der Waals surface area contributed by atoms with Crippen molar-refractivity contribution in [3.05, 3.63) is 58.6 Å². The highest BCUT2D eigenvalue weighted by Gasteiger charge is 2.30. The molecule has 134 valence electrons. The van der Waals surface area contributed by atoms with Gasteiger partial charge in [-0.2, -0.15) is 0 Å². The number of halogens is 1. The summed E-state index contributed by atoms with van der Waals surface area (Å²) in [6.07, 6.45) is 0. The molecular weight excluding hydrogens is 334 g/mol. The standard InChI is InChI=1S/C21H26ClNO2/c1-14-7-10-16(13-18(14)22)23-19(24)21(5,6)25-17-11-8-15(9-12-17)20(2,3)4/h7-13H,1-6H3,(H,23,24). The number of carbonyl (C=O) groups is 1. The lowest BCUT2D eigenvalue weighted by atomic mass is 9.87. The van der Waals surface area contributed by atoms with Crippen molar-refractivity contribution in [2.75, 3.05) is 5.32 Å². The predicted molar refractivity (Wildman–Crippen MR) is 105 cm³/mol. The summed E-state index contributed by atoms with van der Waals surface area (Å²) in [5.41, 5.74) is 1.90. The third kappa shape index (κ3) is 4.99. The van der Waals surface area contributed by atoms with Crippen LogP contribution in [0.15, 0.2) is 42.5 Å². The fourth-order valence-corrected chi connectivity index (χ4v) is 2.50. The average Bonchev–Trinajstić information content (AvgIpc) is 2.50. The SMILES string of the molecule is Cc1ccc(NC(=O)C(C)(C)Oc2ccc(C(C)(C)C)cc2)cc1Cl. The number of hydrogen-bond acceptors (Lipinski definition) is 2. The van der Waals surface area contributed by atoms with Crippen LogP contribution < -0.4 is 10.1 Å². The number of nitrogens with one attached hydrogen (secondary N) is 1. The molecule has 2 aromatic rings. The molecule has 1 N–H and O–H groups in total. The number of hydrogen-bond donors (Lipinski definition) is 1. The topological polar surface area (TPSA) is 38.3 Å². The van der Waals surface area contributed by atoms with Crippen LogP contribution in [0.25, 0.3) is 0 Å². The van der Waals surface area contributed by atoms with Crippen molar-refractivity contribution in [2.45, 2.75) is 52.6 Å². The Bertz CT molecular complexity index is 758. The summed E-state index contributed by atoms with van der Waals surface area (Å²) in [6.45, 7) is 11.9. The molecule has 2 rings (SSSR count). The highest BCUT2D eigenvalue weighted by atomic mass is 35.5. The van der Waals surface area contributed by atoms with E-state index in [9.17, 15) is 4.79 Å². The van der Waals surface area contributed by atoms with Gasteiger partial charge in [0.1, 0.15) is 5.75 Å². The van der Waals surface area contributed by atoms with Crippen molar-refractivity contribution in [3.8, 4) is 5.75 Å². The van der Waals surface area contributed by atoms with Gasteiger partial charge in [-0.25, -0.2) is 0 Å². The van der Waals surface area contributed by atoms with E-state index in [2.05, 4.69) is 26.1 Å². The molecule has 0 saturated carbocycles. The molecule has 0 atom stereocenters. The van der Waals surface area contributed by atoms with Crippen LogP contribution in [0, 0.1) is 6.92 Å². The molecular formula is C21H26ClNO2. The van der Waals surface area contributed by atoms with E-state index >= 15 is 0 Å². The fraction of sp³-hybridized carbons (Fsp3) is 0.381. The van der Waals surface area contributed by atoms with Crippen molar-refractivity contribution in [3.63, 3.8) is 0 Å². The zero-order valence-corrected chi connectivity index (χ0v) is 16.5. The minimum Gasteiger partial charge on any atom is -0.478 e. The van der Waals surface area contributed by atoms with Gasteiger partial charge in [0.15, 0.2) is 5.60 Å². The van der Waals surface area contributed by atoms with Gasteiger partial charge in [-0.1, -0.05) is 50.6 Å². The van der Waals surface area contributed by atoms with Crippen LogP contribution in [0.2, 0.25) is 5.02 Å². The molecule has 1 amide bonds. The second-order valence-corrected chi connectivity index (χ2v) is 8.21. The average molecular weight is 360 g/mol. The molecule has 2 aromatic carbocycles. The Balaban J connectivity index is 2.09. The zero-order valence-electron chi connectivity index (χ0n) is 15.7. The molecule has 4 heteroatoms. The largest absolute Gasteiger partial charge is 0.478 e. The fourth-order valence-electron chi connectivity index (χ4n) is 2.32. The molecule has 3 nitrogen and oxygen atoms in total. The van der Waals surface area contributed by atoms with E-state index in [0.717, 1.165) is 5.56 Å². The lowest BCUT2D eigenvalue weighted by molar-refractivity contribution is -0.128. The second kappa shape index (κ2) is 7.09. The molecule has 0 heterocycles. The van der Waals surface area contributed by atoms with Crippen LogP contribution >= 0.6 is 11.6 Å². The minimum atomic E-state index is -1.01. The van der Waals surface area contributed by atoms with Gasteiger partial charge in [-0.05, 0) is 61.6 Å². The zero-order chi connectivity index (χ0) is 18.8. The van der Waals surface area contributed by atoms with E-state index in [1.165, 1.54) is 5.56 Å². The first-order chi connectivity index (χ1) is 11.5. The molecule has 0 saturated heterocycles. The summed E-state index contributed by atoms with van der Waals surface area (Å²) < 4.78 is 5.91. The molecule has 25 heavy (non-hydrogen) atoms. The number of carbonyl (C=O) groups excluding carboxylic acids is 1. The van der Waals surface area contributed by atoms with Gasteiger partial charge in [0.05, 0.1) is 0 Å². The van der Waals surface area contributed by atoms with Crippen LogP contribution in [0.4, 0.5) is 5.69 Å². The first-order valence-corrected chi connectivity index (χ1v) is 8.74. The Kier molecular flexibility index (Phi) is 5.48. The van der Waals surface area contributed by atoms with E-state index in [1.807, 2.05) is 43.3 Å². The van der Waals surface area contributed by atoms with Crippen molar-refractivity contribution in [1.29, 1.82) is 0 Å². The van der Waals surface area contributed by atoms with E-state index in [0.29, 0.717) is 16.5 Å². The maximum atomic E-state index is 12.6. The van der Waals surface area contributed by atoms with E-state index in [1.54, 1.807) is 19.9 Å². The van der Waals surface area contributed by atoms with E-state index < -0.39 is 5.60 Å². The molecule has 0 aromatic heterocycles. The Morgan fingerprint density at radius 2 is 1.60 bits per heavy atom. The van der Waals surface area contributed by atoms with Crippen LogP contribution in [0.5, 0.6) is 5.75 Å². The molecule has 0 spiro atoms. The maximum absolute atomic E-state index is 12.6. The number of rotatable bonds is 4. The van der Waals surface area contributed by atoms with Gasteiger partial charge in [0, 0.05) is 10.7 Å². The number of aryl methyl sites for hydroxylation is 1. The van der Waals surface area contributed by atoms with E-state index in [4.69, 9.17) is 16.3 Å². The Morgan fingerprint density at radius 1 is 1.00 bits per heavy atom. The Morgan fingerprint density at radius 3 is 2.12 bits per heavy atom. The molecule has 0 bridgehead atoms. The number of ether oxygens (including phenoxy) is 1. The third-order valence-electron chi connectivity index (χ3n) is 4.07. The van der Waals surface area contributed by atoms with Gasteiger partial charge in [-0.15, -0.1) is 0 Å². The highest BCUT2D eigenvalue weighted by molar-refractivity contribution is 6.31. The first-order valence-electron chi connectivity index (χ1n) is 8.36. The minimum absolute atomic E-state index is 0.0795. The maximum Gasteiger partial charge on any atom is 0.267 e. The molecule has 0 aliphatic rings. The number of benzene rings is 2. The van der Waals surface area contributed by atoms with Crippen molar-refractivity contribution in [1.82, 2.24) is 0 Å². The van der Waals surface area contributed by atoms with Crippen molar-refractivity contribution < 1.29 is 9.53 Å². The molecule has 0 aliphatic carbocycles. The summed E-state index contributed by atoms with van der Waals surface area (Å²) in [4.78, 5) is 12.6. The first kappa shape index (κ1) is 19.3. The van der Waals surface area contributed by atoms with Crippen LogP contribution in [-0.4, -0.2) is 11.5 Å². The van der Waals surface area contributed by atoms with Crippen molar-refractivity contribution in [2.24, 2.45) is 0 Å². The van der Waals surface area contributed by atoms with Gasteiger partial charge >= 0.3 is 0 Å². The van der Waals surface area contributed by atoms with Crippen LogP contribution in [0.3, 0.4) is 0 Å². The third-order valence-corrected chi connectivity index (χ3v) is 4.48. The number of amides is 1. The van der Waals surface area contributed by atoms with Crippen LogP contribution in [0.1, 0.15) is 45.7 Å². The van der Waals surface area contributed by atoms with Crippen molar-refractivity contribution >= 4 is 23.2 Å². The normalized spacial score (nSPS) is 12.0. The summed E-state index contributed by atoms with van der Waals surface area (Å²) >= 11 is 6.11. The monoisotopic (exact) mass is 359 g/mol. The van der Waals surface area contributed by atoms with Crippen LogP contribution in [-0.2, 0) is 10.2 Å². The lowest BCUT2D eigenvalue weighted by Gasteiger charge is -2.26. The second-order valence-electron chi connectivity index (χ2n) is 7.80. The molecule has 0 radical (unpaired) electrons. The summed E-state index contributed by atoms with van der Waals surface area (Å²) in [6, 6.07) is 13.3. The predicted octanol–water partition coefficient (Wildman–Crippen LogP) is 5.74. The van der Waals surface area contributed by atoms with E-state index in [-0.39, 0.29) is 11.3 Å². The number of anilines is 1. The lowest BCUT2D eigenvalue weighted by Crippen LogP contribution is -2.42. The van der Waals surface area contributed by atoms with Gasteiger partial charge in [-0.3, -0.25) is 4.79 Å². The molecule has 0 fully saturated rings. The smallest absolute Gasteiger partial charge is 0.267 e. The van der Waals surface area contributed by atoms with Gasteiger partial charge in [0.2, 0.25) is 0 Å².